The third-order valence-corrected chi connectivity index (χ3v) is 2.94. The second kappa shape index (κ2) is 7.10. The molecule has 20 heavy (non-hydrogen) atoms. The predicted molar refractivity (Wildman–Crippen MR) is 76.7 cm³/mol. The van der Waals surface area contributed by atoms with Gasteiger partial charge in [0, 0.05) is 23.0 Å². The van der Waals surface area contributed by atoms with Crippen LogP contribution in [0.4, 0.5) is 0 Å². The van der Waals surface area contributed by atoms with Crippen LogP contribution in [0.5, 0.6) is 0 Å². The van der Waals surface area contributed by atoms with Gasteiger partial charge in [-0.25, -0.2) is 0 Å². The number of nitrogens with zero attached hydrogens (tertiary/aromatic N) is 5. The molecule has 6 nitrogen and oxygen atoms in total. The van der Waals surface area contributed by atoms with Crippen LogP contribution in [0.25, 0.3) is 21.3 Å². The number of rotatable bonds is 6. The maximum atomic E-state index is 9.24. The van der Waals surface area contributed by atoms with Gasteiger partial charge in [0.1, 0.15) is 6.04 Å². The zero-order chi connectivity index (χ0) is 14.2. The number of pyridine rings is 1. The minimum absolute atomic E-state index is 0.370. The van der Waals surface area contributed by atoms with Crippen molar-refractivity contribution in [3.05, 3.63) is 52.5 Å². The van der Waals surface area contributed by atoms with E-state index in [1.807, 2.05) is 30.3 Å². The number of fused-ring (bicyclic) bond motifs is 1. The molecule has 6 heteroatoms. The molecule has 1 aromatic carbocycles. The predicted octanol–water partition coefficient (Wildman–Crippen LogP) is 3.09. The van der Waals surface area contributed by atoms with Crippen molar-refractivity contribution in [2.75, 3.05) is 13.1 Å². The molecule has 100 valence electrons. The van der Waals surface area contributed by atoms with Crippen LogP contribution in [0.3, 0.4) is 0 Å². The molecular formula is C14H14N6. The summed E-state index contributed by atoms with van der Waals surface area (Å²) in [5.74, 6) is 0. The van der Waals surface area contributed by atoms with Gasteiger partial charge >= 0.3 is 0 Å². The molecule has 0 saturated carbocycles. The Balaban J connectivity index is 2.05. The zero-order valence-corrected chi connectivity index (χ0v) is 10.9. The van der Waals surface area contributed by atoms with E-state index in [4.69, 9.17) is 5.53 Å². The van der Waals surface area contributed by atoms with Crippen molar-refractivity contribution >= 4 is 10.9 Å². The van der Waals surface area contributed by atoms with Crippen LogP contribution in [-0.4, -0.2) is 18.1 Å². The van der Waals surface area contributed by atoms with Crippen molar-refractivity contribution < 1.29 is 0 Å². The normalized spacial score (nSPS) is 11.6. The van der Waals surface area contributed by atoms with E-state index in [9.17, 15) is 5.26 Å². The second-order valence-electron chi connectivity index (χ2n) is 4.28. The minimum Gasteiger partial charge on any atom is -0.298 e. The lowest BCUT2D eigenvalue weighted by Gasteiger charge is -2.12. The first-order valence-electron chi connectivity index (χ1n) is 6.33. The summed E-state index contributed by atoms with van der Waals surface area (Å²) in [6, 6.07) is 11.5. The van der Waals surface area contributed by atoms with Crippen LogP contribution >= 0.6 is 0 Å². The molecule has 1 heterocycles. The van der Waals surface area contributed by atoms with E-state index in [1.54, 1.807) is 6.20 Å². The molecule has 0 radical (unpaired) electrons. The number of nitrogens with one attached hydrogen (secondary N) is 1. The van der Waals surface area contributed by atoms with Crippen LogP contribution in [0.2, 0.25) is 0 Å². The van der Waals surface area contributed by atoms with Crippen molar-refractivity contribution in [3.8, 4) is 6.07 Å². The van der Waals surface area contributed by atoms with Crippen LogP contribution in [-0.2, 0) is 0 Å². The largest absolute Gasteiger partial charge is 0.298 e. The average Bonchev–Trinajstić information content (AvgIpc) is 2.50. The molecule has 2 rings (SSSR count). The van der Waals surface area contributed by atoms with Gasteiger partial charge in [-0.2, -0.15) is 5.26 Å². The molecule has 1 aromatic heterocycles. The molecule has 1 unspecified atom stereocenters. The topological polar surface area (TPSA) is 97.5 Å². The molecule has 0 aliphatic heterocycles. The smallest absolute Gasteiger partial charge is 0.121 e. The molecule has 0 saturated heterocycles. The third kappa shape index (κ3) is 3.45. The Bertz CT molecular complexity index is 669. The van der Waals surface area contributed by atoms with E-state index in [0.717, 1.165) is 16.5 Å². The van der Waals surface area contributed by atoms with Gasteiger partial charge in [0.2, 0.25) is 0 Å². The number of hydrogen-bond donors (Lipinski definition) is 1. The van der Waals surface area contributed by atoms with E-state index in [1.165, 1.54) is 0 Å². The fourth-order valence-electron chi connectivity index (χ4n) is 1.95. The average molecular weight is 266 g/mol. The molecule has 0 bridgehead atoms. The molecule has 0 spiro atoms. The summed E-state index contributed by atoms with van der Waals surface area (Å²) in [7, 11) is 0. The maximum Gasteiger partial charge on any atom is 0.121 e. The third-order valence-electron chi connectivity index (χ3n) is 2.94. The number of azide groups is 1. The summed E-state index contributed by atoms with van der Waals surface area (Å²) < 4.78 is 0. The minimum atomic E-state index is -0.370. The highest BCUT2D eigenvalue weighted by molar-refractivity contribution is 5.79. The molecule has 0 fully saturated rings. The van der Waals surface area contributed by atoms with Gasteiger partial charge < -0.3 is 0 Å². The van der Waals surface area contributed by atoms with Crippen LogP contribution < -0.4 is 5.32 Å². The fourth-order valence-corrected chi connectivity index (χ4v) is 1.95. The van der Waals surface area contributed by atoms with Crippen molar-refractivity contribution in [1.29, 1.82) is 5.26 Å². The maximum absolute atomic E-state index is 9.24. The summed E-state index contributed by atoms with van der Waals surface area (Å²) in [5.41, 5.74) is 10.0. The van der Waals surface area contributed by atoms with Gasteiger partial charge in [-0.3, -0.25) is 10.3 Å². The lowest BCUT2D eigenvalue weighted by Crippen LogP contribution is -2.21. The van der Waals surface area contributed by atoms with Crippen molar-refractivity contribution in [1.82, 2.24) is 10.3 Å². The van der Waals surface area contributed by atoms with Crippen LogP contribution in [0, 0.1) is 11.3 Å². The molecule has 2 aromatic rings. The van der Waals surface area contributed by atoms with E-state index < -0.39 is 0 Å². The van der Waals surface area contributed by atoms with Gasteiger partial charge in [0.05, 0.1) is 11.6 Å². The first-order chi connectivity index (χ1) is 9.85. The summed E-state index contributed by atoms with van der Waals surface area (Å²) in [6.45, 7) is 1.06. The van der Waals surface area contributed by atoms with E-state index in [0.29, 0.717) is 19.5 Å². The SMILES string of the molecule is N#CC(NCCCN=[N+]=[N-])c1ccc2ncccc2c1. The molecule has 0 aliphatic rings. The monoisotopic (exact) mass is 266 g/mol. The summed E-state index contributed by atoms with van der Waals surface area (Å²) >= 11 is 0. The zero-order valence-electron chi connectivity index (χ0n) is 10.9. The quantitative estimate of drug-likeness (QED) is 0.376. The van der Waals surface area contributed by atoms with Crippen molar-refractivity contribution in [2.24, 2.45) is 5.11 Å². The lowest BCUT2D eigenvalue weighted by molar-refractivity contribution is 0.608. The highest BCUT2D eigenvalue weighted by Gasteiger charge is 2.09. The highest BCUT2D eigenvalue weighted by atomic mass is 15.1. The molecule has 1 N–H and O–H groups in total. The van der Waals surface area contributed by atoms with Gasteiger partial charge in [0.25, 0.3) is 0 Å². The number of nitriles is 1. The van der Waals surface area contributed by atoms with Crippen molar-refractivity contribution in [2.45, 2.75) is 12.5 Å². The van der Waals surface area contributed by atoms with Gasteiger partial charge in [-0.1, -0.05) is 17.2 Å². The van der Waals surface area contributed by atoms with Crippen LogP contribution in [0.15, 0.2) is 41.6 Å². The Morgan fingerprint density at radius 3 is 3.15 bits per heavy atom. The number of benzene rings is 1. The first kappa shape index (κ1) is 13.8. The van der Waals surface area contributed by atoms with E-state index in [2.05, 4.69) is 26.4 Å². The Kier molecular flexibility index (Phi) is 4.90. The summed E-state index contributed by atoms with van der Waals surface area (Å²) in [6.07, 6.45) is 2.45. The highest BCUT2D eigenvalue weighted by Crippen LogP contribution is 2.18. The summed E-state index contributed by atoms with van der Waals surface area (Å²) in [4.78, 5) is 6.94. The summed E-state index contributed by atoms with van der Waals surface area (Å²) in [5, 5.41) is 16.9. The van der Waals surface area contributed by atoms with E-state index >= 15 is 0 Å². The molecule has 1 atom stereocenters. The first-order valence-corrected chi connectivity index (χ1v) is 6.33. The van der Waals surface area contributed by atoms with Crippen molar-refractivity contribution in [3.63, 3.8) is 0 Å². The number of aromatic nitrogens is 1. The molecular weight excluding hydrogens is 252 g/mol. The molecule has 0 aliphatic carbocycles. The van der Waals surface area contributed by atoms with E-state index in [-0.39, 0.29) is 6.04 Å². The second-order valence-corrected chi connectivity index (χ2v) is 4.28. The Hall–Kier alpha value is -2.61. The standard InChI is InChI=1S/C14H14N6/c15-10-14(18-7-2-8-19-20-16)12-4-5-13-11(9-12)3-1-6-17-13/h1,3-6,9,14,18H,2,7-8H2. The number of hydrogen-bond acceptors (Lipinski definition) is 4. The van der Waals surface area contributed by atoms with Gasteiger partial charge in [0.15, 0.2) is 0 Å². The fraction of sp³-hybridized carbons (Fsp3) is 0.286. The molecule has 0 amide bonds. The van der Waals surface area contributed by atoms with Gasteiger partial charge in [-0.15, -0.1) is 0 Å². The Labute approximate surface area is 116 Å². The lowest BCUT2D eigenvalue weighted by atomic mass is 10.0. The Morgan fingerprint density at radius 1 is 1.45 bits per heavy atom. The Morgan fingerprint density at radius 2 is 2.35 bits per heavy atom. The van der Waals surface area contributed by atoms with Gasteiger partial charge in [-0.05, 0) is 42.3 Å². The van der Waals surface area contributed by atoms with Crippen LogP contribution in [0.1, 0.15) is 18.0 Å².